The number of hydrogen-bond donors (Lipinski definition) is 1. The van der Waals surface area contributed by atoms with E-state index in [2.05, 4.69) is 5.32 Å². The van der Waals surface area contributed by atoms with Gasteiger partial charge in [-0.05, 0) is 18.2 Å². The summed E-state index contributed by atoms with van der Waals surface area (Å²) in [6, 6.07) is 6.49. The molecule has 1 aliphatic rings. The lowest BCUT2D eigenvalue weighted by atomic mass is 10.3. The van der Waals surface area contributed by atoms with E-state index in [4.69, 9.17) is 0 Å². The van der Waals surface area contributed by atoms with E-state index in [-0.39, 0.29) is 18.0 Å². The number of anilines is 1. The number of benzene rings is 1. The molecule has 0 unspecified atom stereocenters. The lowest BCUT2D eigenvalue weighted by molar-refractivity contribution is 0.141. The van der Waals surface area contributed by atoms with Crippen LogP contribution in [0.5, 0.6) is 0 Å². The first-order valence-corrected chi connectivity index (χ1v) is 6.40. The standard InChI is InChI=1S/C10H13FN2O2S/c1-12-9-3-2-4-10(5-9)16(14,15)13-6-8(11)7-13/h2-5,8,12H,6-7H2,1H3. The zero-order chi connectivity index (χ0) is 11.8. The molecule has 1 aliphatic heterocycles. The summed E-state index contributed by atoms with van der Waals surface area (Å²) >= 11 is 0. The number of nitrogens with zero attached hydrogens (tertiary/aromatic N) is 1. The molecule has 1 saturated heterocycles. The minimum absolute atomic E-state index is 0.0356. The molecule has 0 radical (unpaired) electrons. The molecule has 16 heavy (non-hydrogen) atoms. The quantitative estimate of drug-likeness (QED) is 0.865. The number of nitrogens with one attached hydrogen (secondary N) is 1. The van der Waals surface area contributed by atoms with Crippen LogP contribution in [0.4, 0.5) is 10.1 Å². The van der Waals surface area contributed by atoms with Gasteiger partial charge in [0.05, 0.1) is 4.90 Å². The topological polar surface area (TPSA) is 49.4 Å². The maximum absolute atomic E-state index is 12.6. The minimum atomic E-state index is -3.51. The summed E-state index contributed by atoms with van der Waals surface area (Å²) in [5.41, 5.74) is 0.721. The van der Waals surface area contributed by atoms with Crippen molar-refractivity contribution in [3.05, 3.63) is 24.3 Å². The van der Waals surface area contributed by atoms with Crippen LogP contribution in [0.1, 0.15) is 0 Å². The Labute approximate surface area is 94.1 Å². The third kappa shape index (κ3) is 1.90. The second-order valence-electron chi connectivity index (χ2n) is 3.70. The Morgan fingerprint density at radius 1 is 1.44 bits per heavy atom. The van der Waals surface area contributed by atoms with Gasteiger partial charge in [-0.25, -0.2) is 12.8 Å². The van der Waals surface area contributed by atoms with Crippen LogP contribution in [0.25, 0.3) is 0 Å². The number of hydrogen-bond acceptors (Lipinski definition) is 3. The van der Waals surface area contributed by atoms with Gasteiger partial charge in [-0.3, -0.25) is 0 Å². The first-order chi connectivity index (χ1) is 7.54. The Hall–Kier alpha value is -1.14. The molecule has 1 heterocycles. The monoisotopic (exact) mass is 244 g/mol. The van der Waals surface area contributed by atoms with Crippen LogP contribution in [0.15, 0.2) is 29.2 Å². The SMILES string of the molecule is CNc1cccc(S(=O)(=O)N2CC(F)C2)c1. The molecule has 1 N–H and O–H groups in total. The Balaban J connectivity index is 2.29. The van der Waals surface area contributed by atoms with Crippen molar-refractivity contribution in [3.8, 4) is 0 Å². The van der Waals surface area contributed by atoms with E-state index in [0.717, 1.165) is 9.99 Å². The van der Waals surface area contributed by atoms with Gasteiger partial charge in [0.2, 0.25) is 10.0 Å². The Kier molecular flexibility index (Phi) is 2.86. The van der Waals surface area contributed by atoms with Crippen LogP contribution in [0.3, 0.4) is 0 Å². The smallest absolute Gasteiger partial charge is 0.243 e. The maximum Gasteiger partial charge on any atom is 0.243 e. The first kappa shape index (κ1) is 11.3. The predicted molar refractivity (Wildman–Crippen MR) is 59.6 cm³/mol. The van der Waals surface area contributed by atoms with E-state index in [1.54, 1.807) is 25.2 Å². The molecule has 88 valence electrons. The molecule has 0 bridgehead atoms. The molecular formula is C10H13FN2O2S. The van der Waals surface area contributed by atoms with Crippen molar-refractivity contribution in [1.82, 2.24) is 4.31 Å². The average molecular weight is 244 g/mol. The molecule has 1 aromatic carbocycles. The molecule has 0 aliphatic carbocycles. The third-order valence-corrected chi connectivity index (χ3v) is 4.39. The van der Waals surface area contributed by atoms with Gasteiger partial charge in [-0.15, -0.1) is 0 Å². The minimum Gasteiger partial charge on any atom is -0.388 e. The maximum atomic E-state index is 12.6. The molecule has 2 rings (SSSR count). The van der Waals surface area contributed by atoms with Gasteiger partial charge in [0.15, 0.2) is 0 Å². The number of rotatable bonds is 3. The highest BCUT2D eigenvalue weighted by Gasteiger charge is 2.36. The molecule has 1 fully saturated rings. The number of halogens is 1. The summed E-state index contributed by atoms with van der Waals surface area (Å²) in [4.78, 5) is 0.200. The lowest BCUT2D eigenvalue weighted by Gasteiger charge is -2.33. The van der Waals surface area contributed by atoms with Gasteiger partial charge in [0, 0.05) is 25.8 Å². The zero-order valence-electron chi connectivity index (χ0n) is 8.85. The van der Waals surface area contributed by atoms with E-state index in [1.165, 1.54) is 6.07 Å². The fourth-order valence-corrected chi connectivity index (χ4v) is 3.09. The predicted octanol–water partition coefficient (Wildman–Crippen LogP) is 1.07. The van der Waals surface area contributed by atoms with E-state index >= 15 is 0 Å². The largest absolute Gasteiger partial charge is 0.388 e. The van der Waals surface area contributed by atoms with Crippen molar-refractivity contribution in [2.75, 3.05) is 25.5 Å². The molecule has 0 aromatic heterocycles. The van der Waals surface area contributed by atoms with Crippen LogP contribution in [-0.2, 0) is 10.0 Å². The summed E-state index contributed by atoms with van der Waals surface area (Å²) in [6.45, 7) is -0.0712. The average Bonchev–Trinajstić information content (AvgIpc) is 2.25. The lowest BCUT2D eigenvalue weighted by Crippen LogP contribution is -2.51. The van der Waals surface area contributed by atoms with Gasteiger partial charge >= 0.3 is 0 Å². The highest BCUT2D eigenvalue weighted by atomic mass is 32.2. The van der Waals surface area contributed by atoms with Gasteiger partial charge in [-0.1, -0.05) is 6.07 Å². The van der Waals surface area contributed by atoms with Crippen molar-refractivity contribution < 1.29 is 12.8 Å². The number of sulfonamides is 1. The van der Waals surface area contributed by atoms with E-state index in [9.17, 15) is 12.8 Å². The molecule has 6 heteroatoms. The third-order valence-electron chi connectivity index (χ3n) is 2.56. The Morgan fingerprint density at radius 3 is 2.69 bits per heavy atom. The number of alkyl halides is 1. The first-order valence-electron chi connectivity index (χ1n) is 4.96. The second kappa shape index (κ2) is 4.03. The molecular weight excluding hydrogens is 231 g/mol. The fraction of sp³-hybridized carbons (Fsp3) is 0.400. The molecule has 0 amide bonds. The Morgan fingerprint density at radius 2 is 2.12 bits per heavy atom. The van der Waals surface area contributed by atoms with Gasteiger partial charge in [-0.2, -0.15) is 4.31 Å². The highest BCUT2D eigenvalue weighted by molar-refractivity contribution is 7.89. The van der Waals surface area contributed by atoms with E-state index in [1.807, 2.05) is 0 Å². The molecule has 4 nitrogen and oxygen atoms in total. The summed E-state index contributed by atoms with van der Waals surface area (Å²) in [6.07, 6.45) is -1.03. The van der Waals surface area contributed by atoms with E-state index < -0.39 is 16.2 Å². The van der Waals surface area contributed by atoms with Crippen molar-refractivity contribution in [2.24, 2.45) is 0 Å². The van der Waals surface area contributed by atoms with Gasteiger partial charge in [0.25, 0.3) is 0 Å². The summed E-state index contributed by atoms with van der Waals surface area (Å²) < 4.78 is 37.7. The van der Waals surface area contributed by atoms with Crippen LogP contribution >= 0.6 is 0 Å². The van der Waals surface area contributed by atoms with Crippen molar-refractivity contribution in [1.29, 1.82) is 0 Å². The van der Waals surface area contributed by atoms with Crippen molar-refractivity contribution in [3.63, 3.8) is 0 Å². The molecule has 0 atom stereocenters. The highest BCUT2D eigenvalue weighted by Crippen LogP contribution is 2.24. The normalized spacial score (nSPS) is 18.1. The van der Waals surface area contributed by atoms with Crippen LogP contribution in [-0.4, -0.2) is 39.0 Å². The van der Waals surface area contributed by atoms with Crippen LogP contribution in [0, 0.1) is 0 Å². The molecule has 1 aromatic rings. The van der Waals surface area contributed by atoms with Crippen molar-refractivity contribution >= 4 is 15.7 Å². The molecule has 0 spiro atoms. The summed E-state index contributed by atoms with van der Waals surface area (Å²) in [5, 5.41) is 2.87. The fourth-order valence-electron chi connectivity index (χ4n) is 1.55. The molecule has 0 saturated carbocycles. The second-order valence-corrected chi connectivity index (χ2v) is 5.64. The van der Waals surface area contributed by atoms with Gasteiger partial charge < -0.3 is 5.32 Å². The van der Waals surface area contributed by atoms with E-state index in [0.29, 0.717) is 0 Å². The Bertz CT molecular complexity index is 483. The van der Waals surface area contributed by atoms with Crippen molar-refractivity contribution in [2.45, 2.75) is 11.1 Å². The summed E-state index contributed by atoms with van der Waals surface area (Å²) in [7, 11) is -1.80. The summed E-state index contributed by atoms with van der Waals surface area (Å²) in [5.74, 6) is 0. The van der Waals surface area contributed by atoms with Crippen LogP contribution < -0.4 is 5.32 Å². The van der Waals surface area contributed by atoms with Crippen LogP contribution in [0.2, 0.25) is 0 Å². The van der Waals surface area contributed by atoms with Gasteiger partial charge in [0.1, 0.15) is 6.17 Å². The zero-order valence-corrected chi connectivity index (χ0v) is 9.67.